The van der Waals surface area contributed by atoms with Crippen molar-refractivity contribution in [1.29, 1.82) is 0 Å². The summed E-state index contributed by atoms with van der Waals surface area (Å²) in [6.07, 6.45) is 16.4. The highest BCUT2D eigenvalue weighted by Gasteiger charge is 2.18. The number of carbonyl (C=O) groups is 2. The van der Waals surface area contributed by atoms with Crippen molar-refractivity contribution in [3.8, 4) is 0 Å². The number of benzene rings is 1. The minimum absolute atomic E-state index is 0.293. The summed E-state index contributed by atoms with van der Waals surface area (Å²) >= 11 is 0. The van der Waals surface area contributed by atoms with Crippen molar-refractivity contribution in [2.75, 3.05) is 19.8 Å². The summed E-state index contributed by atoms with van der Waals surface area (Å²) in [5.74, 6) is -0.888. The van der Waals surface area contributed by atoms with Gasteiger partial charge in [0.15, 0.2) is 0 Å². The fraction of sp³-hybridized carbons (Fsp3) is 0.724. The molecule has 1 atom stereocenters. The van der Waals surface area contributed by atoms with Gasteiger partial charge < -0.3 is 14.8 Å². The van der Waals surface area contributed by atoms with Crippen LogP contribution in [0.5, 0.6) is 0 Å². The highest BCUT2D eigenvalue weighted by molar-refractivity contribution is 6.03. The quantitative estimate of drug-likeness (QED) is 0.198. The van der Waals surface area contributed by atoms with E-state index in [1.807, 2.05) is 0 Å². The number of hydrogen-bond acceptors (Lipinski definition) is 5. The predicted octanol–water partition coefficient (Wildman–Crippen LogP) is 7.48. The summed E-state index contributed by atoms with van der Waals surface area (Å²) < 4.78 is 10.7. The van der Waals surface area contributed by atoms with Gasteiger partial charge in [-0.3, -0.25) is 0 Å². The fourth-order valence-corrected chi connectivity index (χ4v) is 3.95. The molecule has 1 aliphatic rings. The third-order valence-corrected chi connectivity index (χ3v) is 6.14. The number of hydrogen-bond donors (Lipinski definition) is 1. The molecule has 34 heavy (non-hydrogen) atoms. The Kier molecular flexibility index (Phi) is 18.2. The topological polar surface area (TPSA) is 64.6 Å². The molecule has 1 heterocycles. The van der Waals surface area contributed by atoms with E-state index < -0.39 is 11.9 Å². The number of esters is 2. The van der Waals surface area contributed by atoms with Gasteiger partial charge in [0.1, 0.15) is 0 Å². The molecule has 0 aromatic heterocycles. The highest BCUT2D eigenvalue weighted by atomic mass is 16.5. The second-order valence-corrected chi connectivity index (χ2v) is 9.35. The Balaban J connectivity index is 0.000000830. The second kappa shape index (κ2) is 20.5. The predicted molar refractivity (Wildman–Crippen MR) is 140 cm³/mol. The van der Waals surface area contributed by atoms with Crippen LogP contribution in [0.4, 0.5) is 0 Å². The monoisotopic (exact) mass is 475 g/mol. The summed E-state index contributed by atoms with van der Waals surface area (Å²) in [6, 6.07) is 7.54. The molecule has 1 aromatic carbocycles. The zero-order valence-electron chi connectivity index (χ0n) is 22.0. The zero-order valence-corrected chi connectivity index (χ0v) is 22.0. The van der Waals surface area contributed by atoms with Gasteiger partial charge in [0.05, 0.1) is 24.3 Å². The normalized spacial score (nSPS) is 14.9. The van der Waals surface area contributed by atoms with Gasteiger partial charge in [-0.15, -0.1) is 0 Å². The van der Waals surface area contributed by atoms with E-state index in [1.165, 1.54) is 70.8 Å². The summed E-state index contributed by atoms with van der Waals surface area (Å²) in [5, 5.41) is 3.32. The minimum atomic E-state index is -0.444. The van der Waals surface area contributed by atoms with Crippen molar-refractivity contribution in [2.24, 2.45) is 0 Å². The van der Waals surface area contributed by atoms with Crippen LogP contribution in [0, 0.1) is 0 Å². The molecule has 0 spiro atoms. The van der Waals surface area contributed by atoms with Gasteiger partial charge in [-0.05, 0) is 51.3 Å². The van der Waals surface area contributed by atoms with Crippen LogP contribution in [-0.2, 0) is 9.47 Å². The van der Waals surface area contributed by atoms with Gasteiger partial charge in [-0.2, -0.15) is 0 Å². The van der Waals surface area contributed by atoms with Crippen LogP contribution in [0.15, 0.2) is 24.3 Å². The number of nitrogens with one attached hydrogen (secondary N) is 1. The molecule has 0 bridgehead atoms. The van der Waals surface area contributed by atoms with Crippen LogP contribution >= 0.6 is 0 Å². The van der Waals surface area contributed by atoms with Crippen LogP contribution in [0.25, 0.3) is 0 Å². The Bertz CT molecular complexity index is 606. The van der Waals surface area contributed by atoms with Gasteiger partial charge >= 0.3 is 11.9 Å². The fourth-order valence-electron chi connectivity index (χ4n) is 3.95. The van der Waals surface area contributed by atoms with Crippen molar-refractivity contribution in [3.63, 3.8) is 0 Å². The van der Waals surface area contributed by atoms with Gasteiger partial charge in [0.2, 0.25) is 0 Å². The lowest BCUT2D eigenvalue weighted by atomic mass is 10.1. The molecule has 1 aliphatic heterocycles. The van der Waals surface area contributed by atoms with Crippen LogP contribution < -0.4 is 5.32 Å². The van der Waals surface area contributed by atoms with E-state index in [0.29, 0.717) is 24.3 Å². The molecular formula is C29H49NO4. The summed E-state index contributed by atoms with van der Waals surface area (Å²) in [7, 11) is 0. The van der Waals surface area contributed by atoms with E-state index in [0.717, 1.165) is 31.7 Å². The molecule has 1 N–H and O–H groups in total. The maximum Gasteiger partial charge on any atom is 0.339 e. The number of ether oxygens (including phenoxy) is 2. The van der Waals surface area contributed by atoms with Crippen LogP contribution in [0.2, 0.25) is 0 Å². The Hall–Kier alpha value is -1.88. The standard InChI is InChI=1S/C24H38O4.C5H11N/c1-3-5-7-9-11-15-19-27-23(25)21-17-13-14-18-22(21)24(26)28-20-16-12-10-8-6-4-2;1-5-3-2-4-6-5/h13-14,17-18H,3-12,15-16,19-20H2,1-2H3;5-6H,2-4H2,1H3. The summed E-state index contributed by atoms with van der Waals surface area (Å²) in [6.45, 7) is 8.64. The first kappa shape index (κ1) is 30.2. The minimum Gasteiger partial charge on any atom is -0.462 e. The third kappa shape index (κ3) is 14.4. The SMILES string of the molecule is CC1CCCN1.CCCCCCCCOC(=O)c1ccccc1C(=O)OCCCCCCCC. The molecule has 5 heteroatoms. The van der Waals surface area contributed by atoms with Crippen LogP contribution in [-0.4, -0.2) is 37.7 Å². The van der Waals surface area contributed by atoms with Gasteiger partial charge in [0.25, 0.3) is 0 Å². The number of unbranched alkanes of at least 4 members (excludes halogenated alkanes) is 10. The molecule has 0 aliphatic carbocycles. The highest BCUT2D eigenvalue weighted by Crippen LogP contribution is 2.14. The van der Waals surface area contributed by atoms with Gasteiger partial charge in [-0.1, -0.05) is 90.2 Å². The van der Waals surface area contributed by atoms with E-state index in [9.17, 15) is 9.59 Å². The van der Waals surface area contributed by atoms with Crippen molar-refractivity contribution in [1.82, 2.24) is 5.32 Å². The first-order valence-electron chi connectivity index (χ1n) is 13.8. The third-order valence-electron chi connectivity index (χ3n) is 6.14. The molecule has 194 valence electrons. The zero-order chi connectivity index (χ0) is 24.9. The van der Waals surface area contributed by atoms with Crippen LogP contribution in [0.3, 0.4) is 0 Å². The number of carbonyl (C=O) groups excluding carboxylic acids is 2. The van der Waals surface area contributed by atoms with Crippen molar-refractivity contribution < 1.29 is 19.1 Å². The van der Waals surface area contributed by atoms with Gasteiger partial charge in [0, 0.05) is 6.04 Å². The molecule has 0 saturated carbocycles. The number of rotatable bonds is 16. The molecule has 5 nitrogen and oxygen atoms in total. The van der Waals surface area contributed by atoms with E-state index >= 15 is 0 Å². The second-order valence-electron chi connectivity index (χ2n) is 9.35. The van der Waals surface area contributed by atoms with Gasteiger partial charge in [-0.25, -0.2) is 9.59 Å². The van der Waals surface area contributed by atoms with Crippen molar-refractivity contribution >= 4 is 11.9 Å². The Morgan fingerprint density at radius 1 is 0.765 bits per heavy atom. The lowest BCUT2D eigenvalue weighted by molar-refractivity contribution is 0.0450. The molecule has 0 radical (unpaired) electrons. The average molecular weight is 476 g/mol. The Morgan fingerprint density at radius 3 is 1.56 bits per heavy atom. The Labute approximate surface area is 208 Å². The molecule has 2 rings (SSSR count). The first-order chi connectivity index (χ1) is 16.6. The van der Waals surface area contributed by atoms with Crippen LogP contribution in [0.1, 0.15) is 131 Å². The van der Waals surface area contributed by atoms with E-state index in [4.69, 9.17) is 9.47 Å². The van der Waals surface area contributed by atoms with E-state index in [2.05, 4.69) is 26.1 Å². The average Bonchev–Trinajstić information content (AvgIpc) is 3.34. The van der Waals surface area contributed by atoms with Crippen molar-refractivity contribution in [3.05, 3.63) is 35.4 Å². The largest absolute Gasteiger partial charge is 0.462 e. The molecule has 1 aromatic rings. The maximum atomic E-state index is 12.4. The Morgan fingerprint density at radius 2 is 1.21 bits per heavy atom. The smallest absolute Gasteiger partial charge is 0.339 e. The lowest BCUT2D eigenvalue weighted by Gasteiger charge is -2.10. The lowest BCUT2D eigenvalue weighted by Crippen LogP contribution is -2.16. The maximum absolute atomic E-state index is 12.4. The van der Waals surface area contributed by atoms with Crippen molar-refractivity contribution in [2.45, 2.75) is 117 Å². The molecular weight excluding hydrogens is 426 g/mol. The van der Waals surface area contributed by atoms with E-state index in [1.54, 1.807) is 24.3 Å². The molecule has 1 saturated heterocycles. The first-order valence-corrected chi connectivity index (χ1v) is 13.8. The van der Waals surface area contributed by atoms with E-state index in [-0.39, 0.29) is 0 Å². The molecule has 0 amide bonds. The summed E-state index contributed by atoms with van der Waals surface area (Å²) in [5.41, 5.74) is 0.586. The molecule has 1 unspecified atom stereocenters. The summed E-state index contributed by atoms with van der Waals surface area (Å²) in [4.78, 5) is 24.7. The molecule has 1 fully saturated rings.